The molecule has 2 heterocycles. The zero-order valence-electron chi connectivity index (χ0n) is 17.7. The van der Waals surface area contributed by atoms with Crippen molar-refractivity contribution in [1.82, 2.24) is 4.98 Å². The van der Waals surface area contributed by atoms with Crippen LogP contribution in [0, 0.1) is 9.49 Å². The molecular weight excluding hydrogens is 521 g/mol. The van der Waals surface area contributed by atoms with Crippen LogP contribution in [0.5, 0.6) is 11.5 Å². The highest BCUT2D eigenvalue weighted by Gasteiger charge is 2.27. The summed E-state index contributed by atoms with van der Waals surface area (Å²) in [5, 5.41) is 31.5. The van der Waals surface area contributed by atoms with E-state index < -0.39 is 18.1 Å². The Bertz CT molecular complexity index is 1050. The number of aliphatic hydroxyl groups is 2. The Morgan fingerprint density at radius 1 is 1.25 bits per heavy atom. The number of pyridine rings is 1. The third-order valence-electron chi connectivity index (χ3n) is 5.23. The Hall–Kier alpha value is -2.62. The number of benzene rings is 1. The number of nitrogens with zero attached hydrogens (tertiary/aromatic N) is 1. The van der Waals surface area contributed by atoms with Crippen molar-refractivity contribution in [1.29, 1.82) is 0 Å². The average Bonchev–Trinajstić information content (AvgIpc) is 3.35. The van der Waals surface area contributed by atoms with Gasteiger partial charge >= 0.3 is 0 Å². The Morgan fingerprint density at radius 2 is 2.06 bits per heavy atom. The molecule has 0 saturated heterocycles. The number of allylic oxidation sites excluding steroid dienone is 1. The lowest BCUT2D eigenvalue weighted by Crippen LogP contribution is -2.25. The van der Waals surface area contributed by atoms with E-state index in [0.717, 1.165) is 16.8 Å². The molecule has 7 heteroatoms. The van der Waals surface area contributed by atoms with Gasteiger partial charge in [0.1, 0.15) is 11.9 Å². The highest BCUT2D eigenvalue weighted by Crippen LogP contribution is 2.35. The Balaban J connectivity index is 1.85. The van der Waals surface area contributed by atoms with E-state index in [1.165, 1.54) is 13.4 Å². The smallest absolute Gasteiger partial charge is 0.171 e. The highest BCUT2D eigenvalue weighted by atomic mass is 127. The Kier molecular flexibility index (Phi) is 8.49. The van der Waals surface area contributed by atoms with Crippen molar-refractivity contribution in [3.63, 3.8) is 0 Å². The molecule has 3 atom stereocenters. The summed E-state index contributed by atoms with van der Waals surface area (Å²) < 4.78 is 11.2. The van der Waals surface area contributed by atoms with Gasteiger partial charge in [-0.25, -0.2) is 0 Å². The van der Waals surface area contributed by atoms with Gasteiger partial charge in [0.15, 0.2) is 11.5 Å². The first-order chi connectivity index (χ1) is 15.4. The number of aromatic hydroxyl groups is 1. The molecule has 0 spiro atoms. The fourth-order valence-electron chi connectivity index (χ4n) is 3.50. The molecule has 1 aromatic carbocycles. The predicted molar refractivity (Wildman–Crippen MR) is 132 cm³/mol. The molecule has 2 aromatic heterocycles. The van der Waals surface area contributed by atoms with E-state index in [9.17, 15) is 15.3 Å². The summed E-state index contributed by atoms with van der Waals surface area (Å²) in [6, 6.07) is 12.6. The Morgan fingerprint density at radius 3 is 2.69 bits per heavy atom. The predicted octanol–water partition coefficient (Wildman–Crippen LogP) is 5.21. The molecule has 0 radical (unpaired) electrons. The number of halogens is 1. The quantitative estimate of drug-likeness (QED) is 0.238. The maximum absolute atomic E-state index is 10.8. The first kappa shape index (κ1) is 24.0. The van der Waals surface area contributed by atoms with E-state index in [2.05, 4.69) is 34.2 Å². The number of methoxy groups -OCH3 is 1. The second-order valence-corrected chi connectivity index (χ2v) is 8.48. The standard InChI is InChI=1S/C25H26INO5/c1-3-18(24(29)22-8-6-12-32-22)21(28)10-9-17(20-7-4-5-11-27-20)13-16-14-19(26)25(30)23(15-16)31-2/h3-8,11-15,18,21,24,28-30H,1,9-10H2,2H3/b17-13-/t18-,21-,24+/m1/s1. The second-order valence-electron chi connectivity index (χ2n) is 7.32. The van der Waals surface area contributed by atoms with Crippen molar-refractivity contribution in [3.05, 3.63) is 88.2 Å². The zero-order chi connectivity index (χ0) is 23.1. The molecule has 6 nitrogen and oxygen atoms in total. The van der Waals surface area contributed by atoms with Crippen LogP contribution >= 0.6 is 22.6 Å². The van der Waals surface area contributed by atoms with E-state index in [4.69, 9.17) is 9.15 Å². The highest BCUT2D eigenvalue weighted by molar-refractivity contribution is 14.1. The third kappa shape index (κ3) is 5.79. The lowest BCUT2D eigenvalue weighted by Gasteiger charge is -2.24. The van der Waals surface area contributed by atoms with Gasteiger partial charge in [-0.05, 0) is 89.0 Å². The Labute approximate surface area is 201 Å². The van der Waals surface area contributed by atoms with Crippen LogP contribution in [-0.2, 0) is 0 Å². The van der Waals surface area contributed by atoms with Gasteiger partial charge < -0.3 is 24.5 Å². The van der Waals surface area contributed by atoms with Gasteiger partial charge in [-0.1, -0.05) is 12.1 Å². The number of rotatable bonds is 10. The molecule has 3 N–H and O–H groups in total. The van der Waals surface area contributed by atoms with Gasteiger partial charge in [0.05, 0.1) is 28.7 Å². The number of hydrogen-bond donors (Lipinski definition) is 3. The lowest BCUT2D eigenvalue weighted by molar-refractivity contribution is 0.0214. The fraction of sp³-hybridized carbons (Fsp3) is 0.240. The molecule has 0 aliphatic rings. The molecule has 3 rings (SSSR count). The van der Waals surface area contributed by atoms with Crippen molar-refractivity contribution in [3.8, 4) is 11.5 Å². The first-order valence-electron chi connectivity index (χ1n) is 10.1. The maximum Gasteiger partial charge on any atom is 0.171 e. The zero-order valence-corrected chi connectivity index (χ0v) is 19.8. The van der Waals surface area contributed by atoms with Gasteiger partial charge in [0, 0.05) is 12.1 Å². The number of ether oxygens (including phenoxy) is 1. The van der Waals surface area contributed by atoms with Crippen LogP contribution < -0.4 is 4.74 Å². The molecule has 168 valence electrons. The molecule has 32 heavy (non-hydrogen) atoms. The van der Waals surface area contributed by atoms with Crippen molar-refractivity contribution in [2.24, 2.45) is 5.92 Å². The average molecular weight is 547 g/mol. The number of furan rings is 1. The summed E-state index contributed by atoms with van der Waals surface area (Å²) in [7, 11) is 1.51. The van der Waals surface area contributed by atoms with Crippen molar-refractivity contribution in [2.45, 2.75) is 25.0 Å². The lowest BCUT2D eigenvalue weighted by atomic mass is 9.89. The van der Waals surface area contributed by atoms with Crippen LogP contribution in [-0.4, -0.2) is 33.5 Å². The second kappa shape index (κ2) is 11.3. The molecule has 0 saturated carbocycles. The van der Waals surface area contributed by atoms with Gasteiger partial charge in [0.2, 0.25) is 0 Å². The van der Waals surface area contributed by atoms with Crippen molar-refractivity contribution in [2.75, 3.05) is 7.11 Å². The normalized spacial score (nSPS) is 14.6. The van der Waals surface area contributed by atoms with Crippen molar-refractivity contribution >= 4 is 34.2 Å². The molecule has 0 fully saturated rings. The van der Waals surface area contributed by atoms with E-state index >= 15 is 0 Å². The van der Waals surface area contributed by atoms with E-state index in [1.54, 1.807) is 30.5 Å². The molecule has 0 amide bonds. The van der Waals surface area contributed by atoms with E-state index in [0.29, 0.717) is 27.9 Å². The SMILES string of the molecule is C=C[C@H]([C@H](O)CC/C(=C/c1cc(I)c(O)c(OC)c1)c1ccccn1)[C@H](O)c1ccco1. The molecule has 0 bridgehead atoms. The van der Waals surface area contributed by atoms with Gasteiger partial charge in [-0.15, -0.1) is 6.58 Å². The van der Waals surface area contributed by atoms with Crippen LogP contribution in [0.4, 0.5) is 0 Å². The number of aliphatic hydroxyl groups excluding tert-OH is 2. The largest absolute Gasteiger partial charge is 0.504 e. The monoisotopic (exact) mass is 547 g/mol. The first-order valence-corrected chi connectivity index (χ1v) is 11.2. The topological polar surface area (TPSA) is 96.0 Å². The van der Waals surface area contributed by atoms with Crippen LogP contribution in [0.1, 0.15) is 36.0 Å². The third-order valence-corrected chi connectivity index (χ3v) is 6.05. The summed E-state index contributed by atoms with van der Waals surface area (Å²) >= 11 is 2.06. The summed E-state index contributed by atoms with van der Waals surface area (Å²) in [4.78, 5) is 4.46. The summed E-state index contributed by atoms with van der Waals surface area (Å²) in [5.41, 5.74) is 2.53. The van der Waals surface area contributed by atoms with Crippen LogP contribution in [0.25, 0.3) is 11.6 Å². The minimum atomic E-state index is -0.984. The summed E-state index contributed by atoms with van der Waals surface area (Å²) in [6.45, 7) is 3.78. The summed E-state index contributed by atoms with van der Waals surface area (Å²) in [6.07, 6.45) is 5.78. The molecule has 0 aliphatic heterocycles. The van der Waals surface area contributed by atoms with Gasteiger partial charge in [-0.2, -0.15) is 0 Å². The molecular formula is C25H26INO5. The summed E-state index contributed by atoms with van der Waals surface area (Å²) in [5.74, 6) is 0.290. The van der Waals surface area contributed by atoms with E-state index in [1.807, 2.05) is 30.3 Å². The molecule has 0 unspecified atom stereocenters. The van der Waals surface area contributed by atoms with Crippen LogP contribution in [0.15, 0.2) is 72.0 Å². The minimum absolute atomic E-state index is 0.0980. The van der Waals surface area contributed by atoms with Crippen LogP contribution in [0.3, 0.4) is 0 Å². The van der Waals surface area contributed by atoms with Gasteiger partial charge in [0.25, 0.3) is 0 Å². The molecule has 0 aliphatic carbocycles. The maximum atomic E-state index is 10.8. The molecule has 3 aromatic rings. The number of phenols is 1. The van der Waals surface area contributed by atoms with Crippen molar-refractivity contribution < 1.29 is 24.5 Å². The number of phenolic OH excluding ortho intramolecular Hbond substituents is 1. The number of aromatic nitrogens is 1. The van der Waals surface area contributed by atoms with E-state index in [-0.39, 0.29) is 5.75 Å². The fourth-order valence-corrected chi connectivity index (χ4v) is 4.13. The van der Waals surface area contributed by atoms with Crippen LogP contribution in [0.2, 0.25) is 0 Å². The van der Waals surface area contributed by atoms with Gasteiger partial charge in [-0.3, -0.25) is 4.98 Å². The minimum Gasteiger partial charge on any atom is -0.504 e. The number of hydrogen-bond acceptors (Lipinski definition) is 6.